The van der Waals surface area contributed by atoms with Gasteiger partial charge < -0.3 is 14.9 Å². The van der Waals surface area contributed by atoms with E-state index in [1.165, 1.54) is 12.1 Å². The molecule has 4 heteroatoms. The standard InChI is InChI=1S/C11H14O4/c1-3-15-10-6-8(12)4-5-9(10)7(2)11(13)14/h4-7,12H,3H2,1-2H3,(H,13,14)/t7-/m0/s1. The number of carboxylic acid groups (broad SMARTS) is 1. The van der Waals surface area contributed by atoms with E-state index in [1.54, 1.807) is 19.9 Å². The van der Waals surface area contributed by atoms with E-state index < -0.39 is 11.9 Å². The number of hydrogen-bond donors (Lipinski definition) is 2. The van der Waals surface area contributed by atoms with Crippen LogP contribution in [0.15, 0.2) is 18.2 Å². The van der Waals surface area contributed by atoms with E-state index in [1.807, 2.05) is 0 Å². The zero-order valence-corrected chi connectivity index (χ0v) is 8.73. The number of hydrogen-bond acceptors (Lipinski definition) is 3. The average molecular weight is 210 g/mol. The van der Waals surface area contributed by atoms with E-state index in [2.05, 4.69) is 0 Å². The van der Waals surface area contributed by atoms with Crippen molar-refractivity contribution in [3.05, 3.63) is 23.8 Å². The smallest absolute Gasteiger partial charge is 0.310 e. The summed E-state index contributed by atoms with van der Waals surface area (Å²) in [6.07, 6.45) is 0. The molecule has 1 rings (SSSR count). The fourth-order valence-corrected chi connectivity index (χ4v) is 1.29. The third-order valence-corrected chi connectivity index (χ3v) is 2.13. The molecule has 0 aliphatic carbocycles. The van der Waals surface area contributed by atoms with Gasteiger partial charge in [-0.25, -0.2) is 0 Å². The topological polar surface area (TPSA) is 66.8 Å². The van der Waals surface area contributed by atoms with Crippen LogP contribution < -0.4 is 4.74 Å². The lowest BCUT2D eigenvalue weighted by atomic mass is 10.0. The lowest BCUT2D eigenvalue weighted by Crippen LogP contribution is -2.09. The van der Waals surface area contributed by atoms with Crippen molar-refractivity contribution in [1.29, 1.82) is 0 Å². The van der Waals surface area contributed by atoms with E-state index in [-0.39, 0.29) is 5.75 Å². The highest BCUT2D eigenvalue weighted by Crippen LogP contribution is 2.30. The molecule has 0 aliphatic heterocycles. The van der Waals surface area contributed by atoms with Gasteiger partial charge in [-0.15, -0.1) is 0 Å². The van der Waals surface area contributed by atoms with Crippen LogP contribution in [0.25, 0.3) is 0 Å². The first-order valence-electron chi connectivity index (χ1n) is 4.74. The first-order chi connectivity index (χ1) is 7.06. The van der Waals surface area contributed by atoms with Crippen molar-refractivity contribution in [2.45, 2.75) is 19.8 Å². The fourth-order valence-electron chi connectivity index (χ4n) is 1.29. The van der Waals surface area contributed by atoms with Gasteiger partial charge in [0.15, 0.2) is 0 Å². The molecule has 4 nitrogen and oxygen atoms in total. The molecule has 0 aliphatic rings. The number of carbonyl (C=O) groups is 1. The van der Waals surface area contributed by atoms with Gasteiger partial charge in [-0.3, -0.25) is 4.79 Å². The predicted molar refractivity (Wildman–Crippen MR) is 55.3 cm³/mol. The van der Waals surface area contributed by atoms with Gasteiger partial charge in [0.1, 0.15) is 11.5 Å². The highest BCUT2D eigenvalue weighted by Gasteiger charge is 2.18. The second-order valence-electron chi connectivity index (χ2n) is 3.22. The minimum atomic E-state index is -0.915. The van der Waals surface area contributed by atoms with Crippen molar-refractivity contribution in [2.24, 2.45) is 0 Å². The Kier molecular flexibility index (Phi) is 3.55. The second-order valence-corrected chi connectivity index (χ2v) is 3.22. The Balaban J connectivity index is 3.10. The molecule has 1 aromatic carbocycles. The largest absolute Gasteiger partial charge is 0.508 e. The van der Waals surface area contributed by atoms with Gasteiger partial charge in [0, 0.05) is 11.6 Å². The van der Waals surface area contributed by atoms with Gasteiger partial charge in [-0.05, 0) is 19.9 Å². The molecule has 0 radical (unpaired) electrons. The van der Waals surface area contributed by atoms with Gasteiger partial charge in [0.05, 0.1) is 12.5 Å². The molecular formula is C11H14O4. The summed E-state index contributed by atoms with van der Waals surface area (Å²) in [6, 6.07) is 4.45. The molecule has 0 saturated heterocycles. The number of aliphatic carboxylic acids is 1. The Morgan fingerprint density at radius 3 is 2.73 bits per heavy atom. The third-order valence-electron chi connectivity index (χ3n) is 2.13. The Morgan fingerprint density at radius 1 is 1.53 bits per heavy atom. The Labute approximate surface area is 88.1 Å². The summed E-state index contributed by atoms with van der Waals surface area (Å²) in [7, 11) is 0. The maximum Gasteiger partial charge on any atom is 0.310 e. The van der Waals surface area contributed by atoms with Crippen LogP contribution in [-0.2, 0) is 4.79 Å². The summed E-state index contributed by atoms with van der Waals surface area (Å²) < 4.78 is 5.27. The van der Waals surface area contributed by atoms with E-state index >= 15 is 0 Å². The molecule has 0 fully saturated rings. The Hall–Kier alpha value is -1.71. The zero-order valence-electron chi connectivity index (χ0n) is 8.73. The van der Waals surface area contributed by atoms with Crippen molar-refractivity contribution in [3.8, 4) is 11.5 Å². The van der Waals surface area contributed by atoms with E-state index in [9.17, 15) is 9.90 Å². The van der Waals surface area contributed by atoms with E-state index in [0.29, 0.717) is 17.9 Å². The lowest BCUT2D eigenvalue weighted by molar-refractivity contribution is -0.138. The number of carboxylic acids is 1. The normalized spacial score (nSPS) is 12.1. The van der Waals surface area contributed by atoms with Crippen LogP contribution in [-0.4, -0.2) is 22.8 Å². The zero-order chi connectivity index (χ0) is 11.4. The monoisotopic (exact) mass is 210 g/mol. The van der Waals surface area contributed by atoms with Crippen LogP contribution in [0, 0.1) is 0 Å². The first-order valence-corrected chi connectivity index (χ1v) is 4.74. The van der Waals surface area contributed by atoms with Gasteiger partial charge in [0.25, 0.3) is 0 Å². The minimum Gasteiger partial charge on any atom is -0.508 e. The summed E-state index contributed by atoms with van der Waals surface area (Å²) in [6.45, 7) is 3.82. The number of benzene rings is 1. The lowest BCUT2D eigenvalue weighted by Gasteiger charge is -2.13. The molecule has 1 aromatic rings. The van der Waals surface area contributed by atoms with Gasteiger partial charge in [-0.1, -0.05) is 6.07 Å². The van der Waals surface area contributed by atoms with Crippen molar-refractivity contribution in [3.63, 3.8) is 0 Å². The van der Waals surface area contributed by atoms with Crippen molar-refractivity contribution in [2.75, 3.05) is 6.61 Å². The summed E-state index contributed by atoms with van der Waals surface area (Å²) in [5.41, 5.74) is 0.571. The minimum absolute atomic E-state index is 0.0692. The van der Waals surface area contributed by atoms with Crippen molar-refractivity contribution >= 4 is 5.97 Å². The van der Waals surface area contributed by atoms with E-state index in [0.717, 1.165) is 0 Å². The van der Waals surface area contributed by atoms with Crippen LogP contribution in [0.1, 0.15) is 25.3 Å². The Bertz CT molecular complexity index is 360. The van der Waals surface area contributed by atoms with Crippen molar-refractivity contribution in [1.82, 2.24) is 0 Å². The maximum atomic E-state index is 10.8. The molecule has 2 N–H and O–H groups in total. The third kappa shape index (κ3) is 2.62. The molecule has 0 bridgehead atoms. The van der Waals surface area contributed by atoms with Crippen LogP contribution in [0.5, 0.6) is 11.5 Å². The molecule has 1 atom stereocenters. The molecule has 0 heterocycles. The number of rotatable bonds is 4. The molecule has 0 spiro atoms. The molecule has 82 valence electrons. The Morgan fingerprint density at radius 2 is 2.20 bits per heavy atom. The van der Waals surface area contributed by atoms with Gasteiger partial charge in [0.2, 0.25) is 0 Å². The van der Waals surface area contributed by atoms with Crippen LogP contribution in [0.2, 0.25) is 0 Å². The van der Waals surface area contributed by atoms with Crippen LogP contribution in [0.4, 0.5) is 0 Å². The quantitative estimate of drug-likeness (QED) is 0.797. The predicted octanol–water partition coefficient (Wildman–Crippen LogP) is 1.98. The van der Waals surface area contributed by atoms with Gasteiger partial charge in [-0.2, -0.15) is 0 Å². The van der Waals surface area contributed by atoms with Crippen LogP contribution >= 0.6 is 0 Å². The highest BCUT2D eigenvalue weighted by atomic mass is 16.5. The highest BCUT2D eigenvalue weighted by molar-refractivity contribution is 5.76. The van der Waals surface area contributed by atoms with Crippen LogP contribution in [0.3, 0.4) is 0 Å². The molecule has 0 unspecified atom stereocenters. The first kappa shape index (κ1) is 11.4. The molecule has 0 saturated carbocycles. The number of phenols is 1. The van der Waals surface area contributed by atoms with Crippen molar-refractivity contribution < 1.29 is 19.7 Å². The van der Waals surface area contributed by atoms with E-state index in [4.69, 9.17) is 9.84 Å². The van der Waals surface area contributed by atoms with Gasteiger partial charge >= 0.3 is 5.97 Å². The number of phenolic OH excluding ortho intramolecular Hbond substituents is 1. The summed E-state index contributed by atoms with van der Waals surface area (Å²) in [5.74, 6) is -1.07. The molecular weight excluding hydrogens is 196 g/mol. The molecule has 0 aromatic heterocycles. The SMILES string of the molecule is CCOc1cc(O)ccc1[C@H](C)C(=O)O. The maximum absolute atomic E-state index is 10.8. The molecule has 15 heavy (non-hydrogen) atoms. The number of ether oxygens (including phenoxy) is 1. The number of aromatic hydroxyl groups is 1. The fraction of sp³-hybridized carbons (Fsp3) is 0.364. The molecule has 0 amide bonds. The average Bonchev–Trinajstić information content (AvgIpc) is 2.17. The summed E-state index contributed by atoms with van der Waals surface area (Å²) in [5, 5.41) is 18.1. The second kappa shape index (κ2) is 4.68. The summed E-state index contributed by atoms with van der Waals surface area (Å²) >= 11 is 0. The summed E-state index contributed by atoms with van der Waals surface area (Å²) in [4.78, 5) is 10.8.